The first-order valence-electron chi connectivity index (χ1n) is 18.4. The van der Waals surface area contributed by atoms with Gasteiger partial charge in [0.15, 0.2) is 0 Å². The number of fused-ring (bicyclic) bond motifs is 6. The Labute approximate surface area is 315 Å². The summed E-state index contributed by atoms with van der Waals surface area (Å²) in [7, 11) is -6.29. The number of nitrogens with zero attached hydrogens (tertiary/aromatic N) is 2. The molecule has 1 fully saturated rings. The molecule has 1 aliphatic heterocycles. The average Bonchev–Trinajstić information content (AvgIpc) is 3.80. The van der Waals surface area contributed by atoms with Crippen LogP contribution in [0.25, 0.3) is 43.9 Å². The Kier molecular flexibility index (Phi) is 6.86. The van der Waals surface area contributed by atoms with E-state index in [-0.39, 0.29) is 0 Å². The van der Waals surface area contributed by atoms with E-state index in [1.165, 1.54) is 20.7 Å². The molecule has 0 aliphatic carbocycles. The molecule has 10 aromatic rings. The van der Waals surface area contributed by atoms with Crippen LogP contribution in [0.15, 0.2) is 215 Å². The number of hydrogen-bond acceptors (Lipinski definition) is 4. The maximum absolute atomic E-state index is 6.64. The Morgan fingerprint density at radius 1 is 0.278 bits per heavy atom. The van der Waals surface area contributed by atoms with Crippen molar-refractivity contribution in [2.75, 3.05) is 8.46 Å². The monoisotopic (exact) mass is 726 g/mol. The van der Waals surface area contributed by atoms with Crippen LogP contribution in [0.1, 0.15) is 0 Å². The summed E-state index contributed by atoms with van der Waals surface area (Å²) in [5, 5.41) is 9.74. The average molecular weight is 727 g/mol. The Hall–Kier alpha value is -6.61. The van der Waals surface area contributed by atoms with Crippen molar-refractivity contribution >= 4 is 92.8 Å². The fraction of sp³-hybridized carbons (Fsp3) is 0. The molecule has 0 spiro atoms. The van der Waals surface area contributed by atoms with E-state index in [2.05, 4.69) is 203 Å². The minimum Gasteiger partial charge on any atom is -0.456 e. The summed E-state index contributed by atoms with van der Waals surface area (Å²) >= 11 is 0. The highest BCUT2D eigenvalue weighted by molar-refractivity contribution is 7.38. The topological polar surface area (TPSA) is 32.8 Å². The van der Waals surface area contributed by atoms with Crippen molar-refractivity contribution in [2.45, 2.75) is 0 Å². The lowest BCUT2D eigenvalue weighted by atomic mass is 10.1. The first kappa shape index (κ1) is 31.0. The Balaban J connectivity index is 1.31. The van der Waals surface area contributed by atoms with Gasteiger partial charge in [0.25, 0.3) is 0 Å². The molecule has 256 valence electrons. The molecular formula is C48H34N2O2Si2. The van der Waals surface area contributed by atoms with Crippen molar-refractivity contribution in [1.29, 1.82) is 0 Å². The minimum atomic E-state index is -3.14. The molecule has 1 aliphatic rings. The highest BCUT2D eigenvalue weighted by atomic mass is 28.5. The van der Waals surface area contributed by atoms with Crippen LogP contribution >= 0.6 is 0 Å². The Morgan fingerprint density at radius 2 is 0.574 bits per heavy atom. The lowest BCUT2D eigenvalue weighted by Crippen LogP contribution is -3.07. The van der Waals surface area contributed by atoms with Gasteiger partial charge < -0.3 is 17.3 Å². The molecule has 4 nitrogen and oxygen atoms in total. The van der Waals surface area contributed by atoms with Gasteiger partial charge in [-0.3, -0.25) is 0 Å². The maximum Gasteiger partial charge on any atom is 0.318 e. The van der Waals surface area contributed by atoms with E-state index in [1.54, 1.807) is 0 Å². The van der Waals surface area contributed by atoms with Crippen LogP contribution in [0.4, 0.5) is 11.4 Å². The number of benzene rings is 8. The molecule has 0 bridgehead atoms. The van der Waals surface area contributed by atoms with Crippen LogP contribution in [0.2, 0.25) is 0 Å². The first-order chi connectivity index (χ1) is 26.8. The number of hydrogen-bond donors (Lipinski definition) is 0. The predicted octanol–water partition coefficient (Wildman–Crippen LogP) is 9.33. The lowest BCUT2D eigenvalue weighted by Gasteiger charge is -2.72. The van der Waals surface area contributed by atoms with E-state index in [9.17, 15) is 0 Å². The van der Waals surface area contributed by atoms with Crippen molar-refractivity contribution in [1.82, 2.24) is 0 Å². The highest BCUT2D eigenvalue weighted by Gasteiger charge is 2.75. The number of furan rings is 2. The van der Waals surface area contributed by atoms with E-state index >= 15 is 0 Å². The second-order valence-electron chi connectivity index (χ2n) is 14.0. The van der Waals surface area contributed by atoms with Gasteiger partial charge in [0, 0.05) is 45.1 Å². The summed E-state index contributed by atoms with van der Waals surface area (Å²) in [4.78, 5) is 0. The van der Waals surface area contributed by atoms with Gasteiger partial charge >= 0.3 is 16.8 Å². The van der Waals surface area contributed by atoms with Gasteiger partial charge in [-0.1, -0.05) is 158 Å². The second kappa shape index (κ2) is 12.0. The van der Waals surface area contributed by atoms with E-state index in [1.807, 2.05) is 12.1 Å². The van der Waals surface area contributed by atoms with Crippen molar-refractivity contribution in [3.05, 3.63) is 206 Å². The van der Waals surface area contributed by atoms with Crippen LogP contribution in [-0.2, 0) is 0 Å². The van der Waals surface area contributed by atoms with Crippen molar-refractivity contribution < 1.29 is 8.83 Å². The predicted molar refractivity (Wildman–Crippen MR) is 228 cm³/mol. The third-order valence-electron chi connectivity index (χ3n) is 11.2. The summed E-state index contributed by atoms with van der Waals surface area (Å²) in [5.74, 6) is 0. The molecule has 6 heteroatoms. The SMILES string of the molecule is c1ccc([Si]2(c3ccccc3)N(c3ccc4c(c3)oc3ccccc34)[Si](c3ccccc3)(c3ccccc3)N2c2ccc3c(c2)oc2ccccc23)cc1. The smallest absolute Gasteiger partial charge is 0.318 e. The van der Waals surface area contributed by atoms with Gasteiger partial charge in [-0.2, -0.15) is 0 Å². The molecule has 3 heterocycles. The molecule has 0 amide bonds. The molecule has 0 N–H and O–H groups in total. The number of anilines is 2. The maximum atomic E-state index is 6.64. The quantitative estimate of drug-likeness (QED) is 0.160. The molecule has 11 rings (SSSR count). The summed E-state index contributed by atoms with van der Waals surface area (Å²) < 4.78 is 19.1. The third-order valence-corrected chi connectivity index (χ3v) is 23.3. The molecule has 54 heavy (non-hydrogen) atoms. The summed E-state index contributed by atoms with van der Waals surface area (Å²) in [6.07, 6.45) is 0. The van der Waals surface area contributed by atoms with Gasteiger partial charge in [-0.15, -0.1) is 0 Å². The van der Waals surface area contributed by atoms with Crippen molar-refractivity contribution in [3.63, 3.8) is 0 Å². The fourth-order valence-corrected chi connectivity index (χ4v) is 24.3. The van der Waals surface area contributed by atoms with Gasteiger partial charge in [0.1, 0.15) is 22.3 Å². The highest BCUT2D eigenvalue weighted by Crippen LogP contribution is 2.47. The van der Waals surface area contributed by atoms with Crippen molar-refractivity contribution in [3.8, 4) is 0 Å². The molecular weight excluding hydrogens is 693 g/mol. The third kappa shape index (κ3) is 4.23. The van der Waals surface area contributed by atoms with Crippen LogP contribution < -0.4 is 29.2 Å². The molecule has 0 saturated carbocycles. The zero-order chi connectivity index (χ0) is 35.7. The van der Waals surface area contributed by atoms with Crippen molar-refractivity contribution in [2.24, 2.45) is 0 Å². The van der Waals surface area contributed by atoms with E-state index in [0.717, 1.165) is 55.3 Å². The summed E-state index contributed by atoms with van der Waals surface area (Å²) in [6, 6.07) is 75.3. The normalized spacial score (nSPS) is 14.9. The lowest BCUT2D eigenvalue weighted by molar-refractivity contribution is 0.668. The van der Waals surface area contributed by atoms with E-state index in [0.29, 0.717) is 0 Å². The van der Waals surface area contributed by atoms with Crippen LogP contribution in [0.3, 0.4) is 0 Å². The van der Waals surface area contributed by atoms with Gasteiger partial charge in [0.2, 0.25) is 0 Å². The molecule has 8 aromatic carbocycles. The fourth-order valence-electron chi connectivity index (χ4n) is 9.13. The van der Waals surface area contributed by atoms with Gasteiger partial charge in [-0.25, -0.2) is 0 Å². The van der Waals surface area contributed by atoms with Crippen LogP contribution in [0, 0.1) is 0 Å². The summed E-state index contributed by atoms with van der Waals surface area (Å²) in [6.45, 7) is 0. The Morgan fingerprint density at radius 3 is 0.926 bits per heavy atom. The summed E-state index contributed by atoms with van der Waals surface area (Å²) in [5.41, 5.74) is 5.90. The zero-order valence-corrected chi connectivity index (χ0v) is 31.3. The van der Waals surface area contributed by atoms with Gasteiger partial charge in [-0.05, 0) is 57.1 Å². The number of para-hydroxylation sites is 2. The largest absolute Gasteiger partial charge is 0.456 e. The molecule has 1 saturated heterocycles. The molecule has 0 unspecified atom stereocenters. The van der Waals surface area contributed by atoms with E-state index < -0.39 is 16.8 Å². The van der Waals surface area contributed by atoms with Gasteiger partial charge in [0.05, 0.1) is 0 Å². The zero-order valence-electron chi connectivity index (χ0n) is 29.3. The number of rotatable bonds is 6. The first-order valence-corrected chi connectivity index (χ1v) is 22.2. The molecule has 0 atom stereocenters. The van der Waals surface area contributed by atoms with E-state index in [4.69, 9.17) is 8.83 Å². The van der Waals surface area contributed by atoms with Crippen LogP contribution in [-0.4, -0.2) is 16.8 Å². The molecule has 2 aromatic heterocycles. The Bertz CT molecular complexity index is 2670. The minimum absolute atomic E-state index is 0.892. The standard InChI is InChI=1S/C48H34N2O2Si2/c1-5-17-37(18-6-1)53(38-19-7-2-8-20-38)49(35-29-31-43-41-25-13-15-27-45(41)51-47(43)33-35)54(39-21-9-3-10-22-39,40-23-11-4-12-24-40)50(53)36-30-32-44-42-26-14-16-28-46(42)52-48(44)34-36/h1-34H. The molecule has 0 radical (unpaired) electrons. The second-order valence-corrected chi connectivity index (χ2v) is 21.7. The van der Waals surface area contributed by atoms with Crippen LogP contribution in [0.5, 0.6) is 0 Å².